The summed E-state index contributed by atoms with van der Waals surface area (Å²) in [4.78, 5) is 22.7. The SMILES string of the molecule is Cc1ccc(S(=O)(=O)N2C[C@H](O)[C@H]3NC(=O)OC[C@H]32)cc1.Cc1ccc(S(=O)(=O)N2C[C@H](O)[C@H]3NC(=O)OC[C@H]32)cc1. The zero-order chi connectivity index (χ0) is 30.4. The van der Waals surface area contributed by atoms with Crippen LogP contribution in [0.5, 0.6) is 0 Å². The van der Waals surface area contributed by atoms with Gasteiger partial charge in [0.15, 0.2) is 0 Å². The number of alkyl carbamates (subject to hydrolysis) is 2. The van der Waals surface area contributed by atoms with Crippen molar-refractivity contribution in [2.24, 2.45) is 0 Å². The van der Waals surface area contributed by atoms with E-state index in [1.165, 1.54) is 32.9 Å². The van der Waals surface area contributed by atoms with Crippen molar-refractivity contribution in [3.63, 3.8) is 0 Å². The Kier molecular flexibility index (Phi) is 8.21. The molecule has 2 amide bonds. The lowest BCUT2D eigenvalue weighted by Crippen LogP contribution is -2.56. The Morgan fingerprint density at radius 1 is 0.667 bits per heavy atom. The Balaban J connectivity index is 0.000000168. The summed E-state index contributed by atoms with van der Waals surface area (Å²) in [7, 11) is -7.47. The molecule has 6 rings (SSSR count). The van der Waals surface area contributed by atoms with Gasteiger partial charge in [-0.05, 0) is 38.1 Å². The van der Waals surface area contributed by atoms with E-state index in [-0.39, 0.29) is 36.1 Å². The number of aliphatic hydroxyl groups excluding tert-OH is 2. The number of hydrogen-bond acceptors (Lipinski definition) is 10. The predicted molar refractivity (Wildman–Crippen MR) is 146 cm³/mol. The Morgan fingerprint density at radius 3 is 1.33 bits per heavy atom. The number of hydrogen-bond donors (Lipinski definition) is 4. The molecule has 0 aromatic heterocycles. The van der Waals surface area contributed by atoms with Gasteiger partial charge in [-0.15, -0.1) is 0 Å². The Labute approximate surface area is 243 Å². The maximum Gasteiger partial charge on any atom is 0.407 e. The molecule has 14 nitrogen and oxygen atoms in total. The minimum absolute atomic E-state index is 0.0569. The third kappa shape index (κ3) is 5.69. The van der Waals surface area contributed by atoms with Crippen LogP contribution in [0.3, 0.4) is 0 Å². The standard InChI is InChI=1S/2C13H16N2O5S/c2*1-8-2-4-9(5-3-8)21(18,19)15-6-11(16)12-10(15)7-20-13(17)14-12/h2*2-5,10-12,16H,6-7H2,1H3,(H,14,17)/t2*10-,11+,12+/m11/s1. The summed E-state index contributed by atoms with van der Waals surface area (Å²) >= 11 is 0. The van der Waals surface area contributed by atoms with Crippen molar-refractivity contribution < 1.29 is 46.1 Å². The number of cyclic esters (lactones) is 2. The first-order chi connectivity index (χ1) is 19.8. The van der Waals surface area contributed by atoms with Crippen molar-refractivity contribution in [2.45, 2.75) is 60.0 Å². The summed E-state index contributed by atoms with van der Waals surface area (Å²) in [5.41, 5.74) is 1.92. The first kappa shape index (κ1) is 30.2. The molecule has 2 aromatic carbocycles. The average Bonchev–Trinajstić information content (AvgIpc) is 3.46. The van der Waals surface area contributed by atoms with Gasteiger partial charge in [0.25, 0.3) is 0 Å². The minimum Gasteiger partial charge on any atom is -0.448 e. The number of amides is 2. The Hall–Kier alpha value is -3.28. The van der Waals surface area contributed by atoms with E-state index in [9.17, 15) is 36.6 Å². The number of fused-ring (bicyclic) bond motifs is 2. The number of aliphatic hydroxyl groups is 2. The van der Waals surface area contributed by atoms with Crippen LogP contribution in [-0.2, 0) is 29.5 Å². The van der Waals surface area contributed by atoms with Gasteiger partial charge in [0.05, 0.1) is 46.2 Å². The summed E-state index contributed by atoms with van der Waals surface area (Å²) in [6, 6.07) is 10.6. The number of carbonyl (C=O) groups excluding carboxylic acids is 2. The van der Waals surface area contributed by atoms with E-state index >= 15 is 0 Å². The number of β-amino-alcohol motifs (C(OH)–C–C–N with tert-alkyl or cyclic N) is 2. The third-order valence-corrected chi connectivity index (χ3v) is 11.5. The number of rotatable bonds is 4. The molecule has 42 heavy (non-hydrogen) atoms. The van der Waals surface area contributed by atoms with Gasteiger partial charge in [0.1, 0.15) is 13.2 Å². The smallest absolute Gasteiger partial charge is 0.407 e. The molecule has 4 N–H and O–H groups in total. The zero-order valence-electron chi connectivity index (χ0n) is 22.8. The van der Waals surface area contributed by atoms with Crippen LogP contribution >= 0.6 is 0 Å². The van der Waals surface area contributed by atoms with Gasteiger partial charge in [-0.25, -0.2) is 26.4 Å². The molecule has 4 fully saturated rings. The monoisotopic (exact) mass is 624 g/mol. The van der Waals surface area contributed by atoms with Crippen molar-refractivity contribution in [3.8, 4) is 0 Å². The van der Waals surface area contributed by atoms with Gasteiger partial charge >= 0.3 is 12.2 Å². The average molecular weight is 625 g/mol. The molecule has 4 saturated heterocycles. The van der Waals surface area contributed by atoms with Gasteiger partial charge in [-0.3, -0.25) is 0 Å². The highest BCUT2D eigenvalue weighted by atomic mass is 32.2. The molecular weight excluding hydrogens is 592 g/mol. The number of sulfonamides is 2. The summed E-state index contributed by atoms with van der Waals surface area (Å²) < 4.78 is 62.8. The topological polar surface area (TPSA) is 192 Å². The quantitative estimate of drug-likeness (QED) is 0.350. The Bertz CT molecular complexity index is 1430. The fourth-order valence-corrected chi connectivity index (χ4v) is 8.71. The number of carbonyl (C=O) groups is 2. The third-order valence-electron chi connectivity index (χ3n) is 7.73. The molecule has 6 atom stereocenters. The fourth-order valence-electron chi connectivity index (χ4n) is 5.42. The van der Waals surface area contributed by atoms with Crippen molar-refractivity contribution in [3.05, 3.63) is 59.7 Å². The molecule has 2 aromatic rings. The van der Waals surface area contributed by atoms with Crippen LogP contribution in [0, 0.1) is 13.8 Å². The fraction of sp³-hybridized carbons (Fsp3) is 0.462. The molecule has 0 unspecified atom stereocenters. The summed E-state index contributed by atoms with van der Waals surface area (Å²) in [5, 5.41) is 24.9. The van der Waals surface area contributed by atoms with Crippen molar-refractivity contribution in [1.82, 2.24) is 19.2 Å². The van der Waals surface area contributed by atoms with E-state index in [4.69, 9.17) is 9.47 Å². The molecule has 0 aliphatic carbocycles. The molecule has 0 bridgehead atoms. The number of nitrogens with zero attached hydrogens (tertiary/aromatic N) is 2. The predicted octanol–water partition coefficient (Wildman–Crippen LogP) is -0.326. The molecule has 0 spiro atoms. The lowest BCUT2D eigenvalue weighted by molar-refractivity contribution is 0.0730. The van der Waals surface area contributed by atoms with E-state index in [0.717, 1.165) is 11.1 Å². The summed E-state index contributed by atoms with van der Waals surface area (Å²) in [6.45, 7) is 3.51. The van der Waals surface area contributed by atoms with Gasteiger partial charge in [-0.1, -0.05) is 35.4 Å². The van der Waals surface area contributed by atoms with Crippen LogP contribution in [0.4, 0.5) is 9.59 Å². The van der Waals surface area contributed by atoms with Crippen LogP contribution in [0.1, 0.15) is 11.1 Å². The molecule has 4 aliphatic heterocycles. The molecule has 228 valence electrons. The normalized spacial score (nSPS) is 29.6. The molecule has 4 aliphatic rings. The lowest BCUT2D eigenvalue weighted by atomic mass is 10.1. The largest absolute Gasteiger partial charge is 0.448 e. The number of aryl methyl sites for hydroxylation is 2. The van der Waals surface area contributed by atoms with Crippen molar-refractivity contribution in [2.75, 3.05) is 26.3 Å². The molecule has 0 radical (unpaired) electrons. The Morgan fingerprint density at radius 2 is 1.00 bits per heavy atom. The molecule has 16 heteroatoms. The van der Waals surface area contributed by atoms with Crippen molar-refractivity contribution >= 4 is 32.2 Å². The van der Waals surface area contributed by atoms with Crippen LogP contribution < -0.4 is 10.6 Å². The highest BCUT2D eigenvalue weighted by Gasteiger charge is 2.51. The first-order valence-corrected chi connectivity index (χ1v) is 16.1. The van der Waals surface area contributed by atoms with E-state index in [2.05, 4.69) is 10.6 Å². The summed E-state index contributed by atoms with van der Waals surface area (Å²) in [5.74, 6) is 0. The molecule has 4 heterocycles. The summed E-state index contributed by atoms with van der Waals surface area (Å²) in [6.07, 6.45) is -3.15. The maximum atomic E-state index is 12.7. The van der Waals surface area contributed by atoms with Gasteiger partial charge < -0.3 is 30.3 Å². The van der Waals surface area contributed by atoms with Crippen LogP contribution in [0.2, 0.25) is 0 Å². The molecule has 0 saturated carbocycles. The maximum absolute atomic E-state index is 12.7. The van der Waals surface area contributed by atoms with E-state index < -0.39 is 68.6 Å². The zero-order valence-corrected chi connectivity index (χ0v) is 24.4. The minimum atomic E-state index is -3.73. The highest BCUT2D eigenvalue weighted by Crippen LogP contribution is 2.30. The number of benzene rings is 2. The lowest BCUT2D eigenvalue weighted by Gasteiger charge is -2.31. The van der Waals surface area contributed by atoms with E-state index in [1.807, 2.05) is 13.8 Å². The first-order valence-electron chi connectivity index (χ1n) is 13.2. The van der Waals surface area contributed by atoms with Crippen LogP contribution in [0.15, 0.2) is 58.3 Å². The number of ether oxygens (including phenoxy) is 2. The second kappa shape index (κ2) is 11.4. The highest BCUT2D eigenvalue weighted by molar-refractivity contribution is 7.89. The van der Waals surface area contributed by atoms with Gasteiger partial charge in [-0.2, -0.15) is 8.61 Å². The van der Waals surface area contributed by atoms with Crippen LogP contribution in [0.25, 0.3) is 0 Å². The van der Waals surface area contributed by atoms with E-state index in [1.54, 1.807) is 24.3 Å². The number of nitrogens with one attached hydrogen (secondary N) is 2. The van der Waals surface area contributed by atoms with Crippen molar-refractivity contribution in [1.29, 1.82) is 0 Å². The van der Waals surface area contributed by atoms with Gasteiger partial charge in [0.2, 0.25) is 20.0 Å². The molecular formula is C26H32N4O10S2. The van der Waals surface area contributed by atoms with Crippen LogP contribution in [-0.4, -0.2) is 111 Å². The van der Waals surface area contributed by atoms with Gasteiger partial charge in [0, 0.05) is 13.1 Å². The van der Waals surface area contributed by atoms with E-state index in [0.29, 0.717) is 0 Å². The second-order valence-corrected chi connectivity index (χ2v) is 14.4. The second-order valence-electron chi connectivity index (χ2n) is 10.6.